The van der Waals surface area contributed by atoms with Crippen molar-refractivity contribution in [1.82, 2.24) is 15.5 Å². The second kappa shape index (κ2) is 7.41. The van der Waals surface area contributed by atoms with Crippen LogP contribution in [0.4, 0.5) is 0 Å². The zero-order valence-corrected chi connectivity index (χ0v) is 15.5. The van der Waals surface area contributed by atoms with Crippen LogP contribution in [0.2, 0.25) is 0 Å². The van der Waals surface area contributed by atoms with Gasteiger partial charge in [0.25, 0.3) is 0 Å². The average Bonchev–Trinajstić information content (AvgIpc) is 3.14. The number of aromatic nitrogens is 2. The summed E-state index contributed by atoms with van der Waals surface area (Å²) in [6.07, 6.45) is 2.92. The van der Waals surface area contributed by atoms with Crippen molar-refractivity contribution >= 4 is 17.2 Å². The Morgan fingerprint density at radius 2 is 2.12 bits per heavy atom. The first-order chi connectivity index (χ1) is 12.7. The van der Waals surface area contributed by atoms with Crippen LogP contribution in [-0.4, -0.2) is 16.0 Å². The Morgan fingerprint density at radius 1 is 1.31 bits per heavy atom. The molecule has 1 aliphatic rings. The van der Waals surface area contributed by atoms with Crippen molar-refractivity contribution in [3.8, 4) is 10.7 Å². The smallest absolute Gasteiger partial charge is 0.246 e. The number of nitrogens with zero attached hydrogens (tertiary/aromatic N) is 2. The first kappa shape index (κ1) is 17.0. The minimum absolute atomic E-state index is 0.0262. The maximum absolute atomic E-state index is 12.4. The van der Waals surface area contributed by atoms with E-state index < -0.39 is 0 Å². The third-order valence-corrected chi connectivity index (χ3v) is 5.61. The van der Waals surface area contributed by atoms with Crippen molar-refractivity contribution in [2.45, 2.75) is 38.6 Å². The molecule has 6 heteroatoms. The minimum atomic E-state index is 0.0262. The number of nitrogens with one attached hydrogen (secondary N) is 1. The molecule has 4 rings (SSSR count). The van der Waals surface area contributed by atoms with Gasteiger partial charge < -0.3 is 9.84 Å². The standard InChI is InChI=1S/C20H21N3O2S/c1-13-4-6-14(7-5-13)16(15-8-9-15)11-18(24)21-12-19-22-20(23-25-19)17-3-2-10-26-17/h2-7,10,15-16H,8-9,11-12H2,1H3,(H,21,24). The van der Waals surface area contributed by atoms with Gasteiger partial charge in [-0.3, -0.25) is 4.79 Å². The van der Waals surface area contributed by atoms with Gasteiger partial charge in [0.15, 0.2) is 0 Å². The Labute approximate surface area is 156 Å². The van der Waals surface area contributed by atoms with E-state index in [1.807, 2.05) is 17.5 Å². The van der Waals surface area contributed by atoms with Gasteiger partial charge in [-0.1, -0.05) is 41.1 Å². The Balaban J connectivity index is 1.35. The lowest BCUT2D eigenvalue weighted by molar-refractivity contribution is -0.121. The number of thiophene rings is 1. The van der Waals surface area contributed by atoms with Crippen molar-refractivity contribution in [2.24, 2.45) is 5.92 Å². The lowest BCUT2D eigenvalue weighted by Crippen LogP contribution is -2.25. The Kier molecular flexibility index (Phi) is 4.84. The van der Waals surface area contributed by atoms with Crippen LogP contribution in [0.3, 0.4) is 0 Å². The van der Waals surface area contributed by atoms with Crippen LogP contribution >= 0.6 is 11.3 Å². The highest BCUT2D eigenvalue weighted by Crippen LogP contribution is 2.44. The molecule has 2 heterocycles. The highest BCUT2D eigenvalue weighted by atomic mass is 32.1. The number of amides is 1. The van der Waals surface area contributed by atoms with Crippen LogP contribution in [-0.2, 0) is 11.3 Å². The van der Waals surface area contributed by atoms with Crippen LogP contribution < -0.4 is 5.32 Å². The monoisotopic (exact) mass is 367 g/mol. The number of carbonyl (C=O) groups is 1. The average molecular weight is 367 g/mol. The third kappa shape index (κ3) is 4.02. The normalized spacial score (nSPS) is 15.0. The topological polar surface area (TPSA) is 68.0 Å². The molecule has 3 aromatic rings. The van der Waals surface area contributed by atoms with Crippen LogP contribution in [0.5, 0.6) is 0 Å². The van der Waals surface area contributed by atoms with Crippen LogP contribution in [0.15, 0.2) is 46.3 Å². The van der Waals surface area contributed by atoms with Gasteiger partial charge in [0, 0.05) is 6.42 Å². The maximum Gasteiger partial charge on any atom is 0.246 e. The van der Waals surface area contributed by atoms with Crippen LogP contribution in [0, 0.1) is 12.8 Å². The summed E-state index contributed by atoms with van der Waals surface area (Å²) >= 11 is 1.56. The molecule has 1 aromatic carbocycles. The van der Waals surface area contributed by atoms with E-state index in [-0.39, 0.29) is 12.5 Å². The quantitative estimate of drug-likeness (QED) is 0.676. The van der Waals surface area contributed by atoms with E-state index in [0.717, 1.165) is 4.88 Å². The summed E-state index contributed by atoms with van der Waals surface area (Å²) < 4.78 is 5.23. The molecular formula is C20H21N3O2S. The second-order valence-electron chi connectivity index (χ2n) is 6.82. The van der Waals surface area contributed by atoms with E-state index in [2.05, 4.69) is 46.6 Å². The predicted molar refractivity (Wildman–Crippen MR) is 101 cm³/mol. The summed E-state index contributed by atoms with van der Waals surface area (Å²) in [7, 11) is 0. The SMILES string of the molecule is Cc1ccc(C(CC(=O)NCc2nc(-c3cccs3)no2)C2CC2)cc1. The number of hydrogen-bond donors (Lipinski definition) is 1. The van der Waals surface area contributed by atoms with Gasteiger partial charge in [0.2, 0.25) is 17.6 Å². The fraction of sp³-hybridized carbons (Fsp3) is 0.350. The van der Waals surface area contributed by atoms with Gasteiger partial charge in [0.05, 0.1) is 11.4 Å². The molecular weight excluding hydrogens is 346 g/mol. The van der Waals surface area contributed by atoms with E-state index in [1.54, 1.807) is 11.3 Å². The fourth-order valence-corrected chi connectivity index (χ4v) is 3.80. The molecule has 0 bridgehead atoms. The molecule has 1 saturated carbocycles. The van der Waals surface area contributed by atoms with Gasteiger partial charge in [-0.05, 0) is 48.6 Å². The molecule has 1 N–H and O–H groups in total. The van der Waals surface area contributed by atoms with Crippen molar-refractivity contribution in [2.75, 3.05) is 0 Å². The summed E-state index contributed by atoms with van der Waals surface area (Å²) in [5, 5.41) is 8.85. The minimum Gasteiger partial charge on any atom is -0.347 e. The fourth-order valence-electron chi connectivity index (χ4n) is 3.15. The van der Waals surface area contributed by atoms with Gasteiger partial charge in [-0.15, -0.1) is 11.3 Å². The maximum atomic E-state index is 12.4. The van der Waals surface area contributed by atoms with Crippen LogP contribution in [0.25, 0.3) is 10.7 Å². The Bertz CT molecular complexity index is 867. The Morgan fingerprint density at radius 3 is 2.81 bits per heavy atom. The van der Waals surface area contributed by atoms with Crippen molar-refractivity contribution in [3.63, 3.8) is 0 Å². The van der Waals surface area contributed by atoms with Gasteiger partial charge in [0.1, 0.15) is 0 Å². The molecule has 1 amide bonds. The summed E-state index contributed by atoms with van der Waals surface area (Å²) in [6, 6.07) is 12.4. The second-order valence-corrected chi connectivity index (χ2v) is 7.77. The molecule has 5 nitrogen and oxygen atoms in total. The molecule has 1 fully saturated rings. The summed E-state index contributed by atoms with van der Waals surface area (Å²) in [6.45, 7) is 2.35. The van der Waals surface area contributed by atoms with Crippen molar-refractivity contribution in [3.05, 3.63) is 58.8 Å². The molecule has 1 atom stereocenters. The van der Waals surface area contributed by atoms with E-state index in [1.165, 1.54) is 24.0 Å². The third-order valence-electron chi connectivity index (χ3n) is 4.75. The largest absolute Gasteiger partial charge is 0.347 e. The summed E-state index contributed by atoms with van der Waals surface area (Å²) in [5.74, 6) is 1.94. The highest BCUT2D eigenvalue weighted by Gasteiger charge is 2.33. The zero-order chi connectivity index (χ0) is 17.9. The molecule has 0 saturated heterocycles. The predicted octanol–water partition coefficient (Wildman–Crippen LogP) is 4.31. The number of carbonyl (C=O) groups excluding carboxylic acids is 1. The molecule has 26 heavy (non-hydrogen) atoms. The Hall–Kier alpha value is -2.47. The van der Waals surface area contributed by atoms with E-state index in [4.69, 9.17) is 4.52 Å². The van der Waals surface area contributed by atoms with Gasteiger partial charge in [-0.25, -0.2) is 0 Å². The number of hydrogen-bond acceptors (Lipinski definition) is 5. The molecule has 0 radical (unpaired) electrons. The van der Waals surface area contributed by atoms with E-state index >= 15 is 0 Å². The van der Waals surface area contributed by atoms with Crippen LogP contribution in [0.1, 0.15) is 42.2 Å². The van der Waals surface area contributed by atoms with Gasteiger partial charge in [-0.2, -0.15) is 4.98 Å². The van der Waals surface area contributed by atoms with E-state index in [0.29, 0.717) is 30.0 Å². The first-order valence-corrected chi connectivity index (χ1v) is 9.77. The molecule has 1 unspecified atom stereocenters. The molecule has 0 aliphatic heterocycles. The lowest BCUT2D eigenvalue weighted by Gasteiger charge is -2.16. The van der Waals surface area contributed by atoms with E-state index in [9.17, 15) is 4.79 Å². The summed E-state index contributed by atoms with van der Waals surface area (Å²) in [4.78, 5) is 17.7. The molecule has 2 aromatic heterocycles. The first-order valence-electron chi connectivity index (χ1n) is 8.89. The lowest BCUT2D eigenvalue weighted by atomic mass is 9.90. The van der Waals surface area contributed by atoms with Crippen molar-refractivity contribution in [1.29, 1.82) is 0 Å². The number of benzene rings is 1. The molecule has 1 aliphatic carbocycles. The number of aryl methyl sites for hydroxylation is 1. The van der Waals surface area contributed by atoms with Gasteiger partial charge >= 0.3 is 0 Å². The molecule has 134 valence electrons. The zero-order valence-electron chi connectivity index (χ0n) is 14.6. The highest BCUT2D eigenvalue weighted by molar-refractivity contribution is 7.13. The molecule has 0 spiro atoms. The van der Waals surface area contributed by atoms with Crippen molar-refractivity contribution < 1.29 is 9.32 Å². The summed E-state index contributed by atoms with van der Waals surface area (Å²) in [5.41, 5.74) is 2.50. The number of rotatable bonds is 7.